The fourth-order valence-electron chi connectivity index (χ4n) is 9.01. The van der Waals surface area contributed by atoms with E-state index in [1.807, 2.05) is 13.8 Å². The summed E-state index contributed by atoms with van der Waals surface area (Å²) in [5.41, 5.74) is 0. The Bertz CT molecular complexity index is 794. The highest BCUT2D eigenvalue weighted by atomic mass is 16.8. The topological polar surface area (TPSA) is 36.9 Å². The average Bonchev–Trinajstić information content (AvgIpc) is 3.63. The zero-order valence-corrected chi connectivity index (χ0v) is 37.3. The molecule has 0 radical (unpaired) electrons. The summed E-state index contributed by atoms with van der Waals surface area (Å²) in [6.45, 7) is 16.8. The maximum Gasteiger partial charge on any atom is 0.164 e. The molecule has 316 valence electrons. The van der Waals surface area contributed by atoms with Crippen LogP contribution in [0.1, 0.15) is 247 Å². The van der Waals surface area contributed by atoms with Gasteiger partial charge in [0.05, 0.1) is 26.7 Å². The normalized spacial score (nSPS) is 21.2. The predicted molar refractivity (Wildman–Crippen MR) is 229 cm³/mol. The Kier molecular flexibility index (Phi) is 27.7. The van der Waals surface area contributed by atoms with Crippen molar-refractivity contribution in [2.45, 2.75) is 277 Å². The number of ether oxygens (including phenoxy) is 4. The van der Waals surface area contributed by atoms with Crippen molar-refractivity contribution in [3.8, 4) is 0 Å². The monoisotopic (exact) mass is 751 g/mol. The third-order valence-corrected chi connectivity index (χ3v) is 12.3. The Balaban J connectivity index is 1.67. The maximum atomic E-state index is 6.63. The Morgan fingerprint density at radius 3 is 1.04 bits per heavy atom. The van der Waals surface area contributed by atoms with E-state index in [2.05, 4.69) is 34.7 Å². The van der Waals surface area contributed by atoms with E-state index in [0.717, 1.165) is 11.0 Å². The molecule has 0 aromatic heterocycles. The van der Waals surface area contributed by atoms with Crippen molar-refractivity contribution in [3.63, 3.8) is 0 Å². The van der Waals surface area contributed by atoms with Gasteiger partial charge in [-0.25, -0.2) is 0 Å². The Labute approximate surface area is 332 Å². The molecule has 2 aliphatic heterocycles. The summed E-state index contributed by atoms with van der Waals surface area (Å²) in [5.74, 6) is -1.14. The Morgan fingerprint density at radius 2 is 0.736 bits per heavy atom. The van der Waals surface area contributed by atoms with Crippen LogP contribution >= 0.6 is 0 Å². The molecule has 5 nitrogen and oxygen atoms in total. The van der Waals surface area contributed by atoms with Crippen LogP contribution in [-0.2, 0) is 18.9 Å². The van der Waals surface area contributed by atoms with Crippen LogP contribution in [0.4, 0.5) is 0 Å². The zero-order chi connectivity index (χ0) is 38.5. The lowest BCUT2D eigenvalue weighted by Crippen LogP contribution is -2.54. The third kappa shape index (κ3) is 24.9. The molecule has 5 heteroatoms. The lowest BCUT2D eigenvalue weighted by Gasteiger charge is -2.38. The minimum atomic E-state index is -0.585. The molecular weight excluding hydrogens is 655 g/mol. The van der Waals surface area contributed by atoms with Gasteiger partial charge in [0.25, 0.3) is 0 Å². The number of unbranched alkanes of at least 4 members (excludes halogenated alkanes) is 30. The molecule has 0 N–H and O–H groups in total. The van der Waals surface area contributed by atoms with Crippen molar-refractivity contribution in [1.29, 1.82) is 0 Å². The van der Waals surface area contributed by atoms with Gasteiger partial charge >= 0.3 is 0 Å². The molecule has 0 aromatic rings. The fraction of sp³-hybridized carbons (Fsp3) is 1.00. The summed E-state index contributed by atoms with van der Waals surface area (Å²) in [6.07, 6.45) is 45.3. The van der Waals surface area contributed by atoms with Crippen molar-refractivity contribution in [2.24, 2.45) is 0 Å². The Morgan fingerprint density at radius 1 is 0.415 bits per heavy atom. The lowest BCUT2D eigenvalue weighted by atomic mass is 10.0. The predicted octanol–water partition coefficient (Wildman–Crippen LogP) is 14.6. The first-order chi connectivity index (χ1) is 25.6. The number of likely N-dealkylation sites (N-methyl/N-ethyl adjacent to an activating group) is 1. The second kappa shape index (κ2) is 30.0. The van der Waals surface area contributed by atoms with Crippen LogP contribution in [0.2, 0.25) is 0 Å². The quantitative estimate of drug-likeness (QED) is 0.0468. The smallest absolute Gasteiger partial charge is 0.164 e. The second-order valence-corrected chi connectivity index (χ2v) is 18.9. The number of hydrogen-bond acceptors (Lipinski definition) is 4. The van der Waals surface area contributed by atoms with Crippen LogP contribution < -0.4 is 0 Å². The van der Waals surface area contributed by atoms with Crippen molar-refractivity contribution in [3.05, 3.63) is 0 Å². The molecule has 53 heavy (non-hydrogen) atoms. The molecule has 2 fully saturated rings. The molecule has 0 aromatic carbocycles. The van der Waals surface area contributed by atoms with E-state index < -0.39 is 11.6 Å². The van der Waals surface area contributed by atoms with Crippen molar-refractivity contribution in [1.82, 2.24) is 0 Å². The summed E-state index contributed by atoms with van der Waals surface area (Å²) in [6, 6.07) is 0. The van der Waals surface area contributed by atoms with E-state index in [1.54, 1.807) is 0 Å². The molecular formula is C48H96NO4+. The van der Waals surface area contributed by atoms with E-state index in [1.165, 1.54) is 219 Å². The van der Waals surface area contributed by atoms with E-state index in [4.69, 9.17) is 18.9 Å². The SMILES string of the molecule is CCCCCCCCCCCCCCCCCC[N+](C)(CCCCCCCCCCCCCCCCCC)C[C@H]1OC(C)(C)O[C@@H]1[C@H]1COC(C)(C)O1. The van der Waals surface area contributed by atoms with E-state index >= 15 is 0 Å². The van der Waals surface area contributed by atoms with Crippen molar-refractivity contribution >= 4 is 0 Å². The Hall–Kier alpha value is -0.200. The van der Waals surface area contributed by atoms with Crippen LogP contribution in [0.5, 0.6) is 0 Å². The summed E-state index contributed by atoms with van der Waals surface area (Å²) in [5, 5.41) is 0. The second-order valence-electron chi connectivity index (χ2n) is 18.9. The molecule has 0 spiro atoms. The summed E-state index contributed by atoms with van der Waals surface area (Å²) < 4.78 is 26.5. The third-order valence-electron chi connectivity index (χ3n) is 12.3. The van der Waals surface area contributed by atoms with Crippen molar-refractivity contribution in [2.75, 3.05) is 33.3 Å². The van der Waals surface area contributed by atoms with Crippen LogP contribution in [-0.4, -0.2) is 67.7 Å². The summed E-state index contributed by atoms with van der Waals surface area (Å²) in [4.78, 5) is 0. The highest BCUT2D eigenvalue weighted by molar-refractivity contribution is 4.90. The molecule has 0 aliphatic carbocycles. The van der Waals surface area contributed by atoms with E-state index in [9.17, 15) is 0 Å². The molecule has 0 amide bonds. The van der Waals surface area contributed by atoms with Crippen LogP contribution in [0.15, 0.2) is 0 Å². The molecule has 3 atom stereocenters. The number of rotatable bonds is 37. The molecule has 2 rings (SSSR count). The first-order valence-corrected chi connectivity index (χ1v) is 24.1. The largest absolute Gasteiger partial charge is 0.348 e. The van der Waals surface area contributed by atoms with Gasteiger partial charge in [-0.05, 0) is 53.4 Å². The highest BCUT2D eigenvalue weighted by Crippen LogP contribution is 2.37. The summed E-state index contributed by atoms with van der Waals surface area (Å²) in [7, 11) is 2.50. The maximum absolute atomic E-state index is 6.63. The fourth-order valence-corrected chi connectivity index (χ4v) is 9.01. The average molecular weight is 751 g/mol. The molecule has 2 saturated heterocycles. The van der Waals surface area contributed by atoms with Gasteiger partial charge in [0.15, 0.2) is 11.6 Å². The van der Waals surface area contributed by atoms with Gasteiger partial charge in [0.1, 0.15) is 24.9 Å². The zero-order valence-electron chi connectivity index (χ0n) is 37.3. The number of quaternary nitrogens is 1. The van der Waals surface area contributed by atoms with Gasteiger partial charge in [0.2, 0.25) is 0 Å². The van der Waals surface area contributed by atoms with Gasteiger partial charge in [-0.15, -0.1) is 0 Å². The molecule has 0 bridgehead atoms. The van der Waals surface area contributed by atoms with Crippen LogP contribution in [0.25, 0.3) is 0 Å². The van der Waals surface area contributed by atoms with Crippen LogP contribution in [0, 0.1) is 0 Å². The first-order valence-electron chi connectivity index (χ1n) is 24.1. The minimum Gasteiger partial charge on any atom is -0.348 e. The van der Waals surface area contributed by atoms with Crippen LogP contribution in [0.3, 0.4) is 0 Å². The molecule has 0 unspecified atom stereocenters. The van der Waals surface area contributed by atoms with Gasteiger partial charge in [-0.1, -0.05) is 194 Å². The number of hydrogen-bond donors (Lipinski definition) is 0. The summed E-state index contributed by atoms with van der Waals surface area (Å²) >= 11 is 0. The van der Waals surface area contributed by atoms with Gasteiger partial charge < -0.3 is 23.4 Å². The number of nitrogens with zero attached hydrogens (tertiary/aromatic N) is 1. The molecule has 0 saturated carbocycles. The highest BCUT2D eigenvalue weighted by Gasteiger charge is 2.51. The van der Waals surface area contributed by atoms with Gasteiger partial charge in [0, 0.05) is 0 Å². The first kappa shape index (κ1) is 48.9. The van der Waals surface area contributed by atoms with E-state index in [-0.39, 0.29) is 18.3 Å². The van der Waals surface area contributed by atoms with Gasteiger partial charge in [-0.2, -0.15) is 0 Å². The van der Waals surface area contributed by atoms with Gasteiger partial charge in [-0.3, -0.25) is 0 Å². The minimum absolute atomic E-state index is 0.0274. The molecule has 2 heterocycles. The van der Waals surface area contributed by atoms with E-state index in [0.29, 0.717) is 6.61 Å². The lowest BCUT2D eigenvalue weighted by molar-refractivity contribution is -0.913. The standard InChI is InChI=1S/C48H96NO4/c1-8-10-12-14-16-18-20-22-24-26-28-30-32-34-36-38-40-49(7,42-44-46(53-48(5,6)51-44)45-43-50-47(3,4)52-45)41-39-37-35-33-31-29-27-25-23-21-19-17-15-13-11-9-2/h44-46H,8-43H2,1-7H3/q+1/t44-,45-,46+/m1/s1. The molecule has 2 aliphatic rings. The van der Waals surface area contributed by atoms with Crippen molar-refractivity contribution < 1.29 is 23.4 Å².